The van der Waals surface area contributed by atoms with Gasteiger partial charge in [-0.3, -0.25) is 9.69 Å². The highest BCUT2D eigenvalue weighted by Gasteiger charge is 2.32. The maximum absolute atomic E-state index is 12.8. The van der Waals surface area contributed by atoms with Crippen LogP contribution in [0, 0.1) is 0 Å². The third-order valence-electron chi connectivity index (χ3n) is 3.70. The third kappa shape index (κ3) is 3.52. The number of carbonyl (C=O) groups excluding carboxylic acids is 1. The molecule has 0 bridgehead atoms. The van der Waals surface area contributed by atoms with Crippen molar-refractivity contribution >= 4 is 50.9 Å². The van der Waals surface area contributed by atoms with Crippen LogP contribution >= 0.6 is 28.1 Å². The van der Waals surface area contributed by atoms with Crippen molar-refractivity contribution in [2.75, 3.05) is 19.1 Å². The molecule has 1 heterocycles. The van der Waals surface area contributed by atoms with Gasteiger partial charge in [0.25, 0.3) is 5.91 Å². The largest absolute Gasteiger partial charge is 0.497 e. The van der Waals surface area contributed by atoms with Gasteiger partial charge in [0.05, 0.1) is 19.9 Å². The highest BCUT2D eigenvalue weighted by atomic mass is 79.9. The molecule has 3 rings (SSSR count). The van der Waals surface area contributed by atoms with Crippen molar-refractivity contribution in [1.82, 2.24) is 5.32 Å². The monoisotopic (exact) mass is 418 g/mol. The van der Waals surface area contributed by atoms with Crippen molar-refractivity contribution in [2.45, 2.75) is 0 Å². The molecule has 1 amide bonds. The molecule has 0 aliphatic carbocycles. The molecule has 7 heteroatoms. The minimum atomic E-state index is -0.225. The van der Waals surface area contributed by atoms with E-state index in [9.17, 15) is 4.79 Å². The summed E-state index contributed by atoms with van der Waals surface area (Å²) >= 11 is 8.75. The van der Waals surface area contributed by atoms with E-state index in [1.54, 1.807) is 44.6 Å². The minimum Gasteiger partial charge on any atom is -0.497 e. The maximum atomic E-state index is 12.8. The first-order chi connectivity index (χ1) is 12.0. The third-order valence-corrected chi connectivity index (χ3v) is 4.48. The molecule has 0 unspecified atom stereocenters. The van der Waals surface area contributed by atoms with E-state index >= 15 is 0 Å². The molecule has 0 atom stereocenters. The summed E-state index contributed by atoms with van der Waals surface area (Å²) in [5.74, 6) is 1.15. The van der Waals surface area contributed by atoms with Gasteiger partial charge in [-0.15, -0.1) is 0 Å². The van der Waals surface area contributed by atoms with Gasteiger partial charge < -0.3 is 14.8 Å². The van der Waals surface area contributed by atoms with Gasteiger partial charge in [-0.2, -0.15) is 0 Å². The Morgan fingerprint density at radius 1 is 1.12 bits per heavy atom. The Labute approximate surface area is 159 Å². The number of halogens is 1. The predicted molar refractivity (Wildman–Crippen MR) is 105 cm³/mol. The van der Waals surface area contributed by atoms with Crippen LogP contribution in [-0.2, 0) is 4.79 Å². The molecule has 0 spiro atoms. The highest BCUT2D eigenvalue weighted by molar-refractivity contribution is 9.10. The molecular weight excluding hydrogens is 404 g/mol. The molecule has 1 aliphatic rings. The lowest BCUT2D eigenvalue weighted by molar-refractivity contribution is -0.113. The van der Waals surface area contributed by atoms with Crippen molar-refractivity contribution in [1.29, 1.82) is 0 Å². The Balaban J connectivity index is 1.94. The van der Waals surface area contributed by atoms with Gasteiger partial charge in [-0.25, -0.2) is 0 Å². The predicted octanol–water partition coefficient (Wildman–Crippen LogP) is 3.73. The van der Waals surface area contributed by atoms with E-state index in [1.165, 1.54) is 4.90 Å². The average Bonchev–Trinajstić information content (AvgIpc) is 2.89. The summed E-state index contributed by atoms with van der Waals surface area (Å²) in [6.45, 7) is 0. The topological polar surface area (TPSA) is 50.8 Å². The Bertz CT molecular complexity index is 865. The van der Waals surface area contributed by atoms with Gasteiger partial charge in [0.15, 0.2) is 5.11 Å². The Morgan fingerprint density at radius 3 is 2.48 bits per heavy atom. The molecule has 5 nitrogen and oxygen atoms in total. The van der Waals surface area contributed by atoms with Crippen LogP contribution in [0.5, 0.6) is 11.5 Å². The Hall–Kier alpha value is -2.38. The summed E-state index contributed by atoms with van der Waals surface area (Å²) in [6.07, 6.45) is 1.72. The van der Waals surface area contributed by atoms with Crippen molar-refractivity contribution in [3.63, 3.8) is 0 Å². The van der Waals surface area contributed by atoms with Gasteiger partial charge in [0.1, 0.15) is 17.2 Å². The molecule has 2 aromatic carbocycles. The van der Waals surface area contributed by atoms with Crippen LogP contribution in [0.1, 0.15) is 5.56 Å². The molecule has 0 aromatic heterocycles. The van der Waals surface area contributed by atoms with Gasteiger partial charge in [0, 0.05) is 10.0 Å². The second kappa shape index (κ2) is 7.25. The van der Waals surface area contributed by atoms with E-state index in [4.69, 9.17) is 21.7 Å². The number of ether oxygens (including phenoxy) is 2. The van der Waals surface area contributed by atoms with E-state index < -0.39 is 0 Å². The molecule has 1 aliphatic heterocycles. The molecule has 1 fully saturated rings. The van der Waals surface area contributed by atoms with Crippen LogP contribution in [0.4, 0.5) is 5.69 Å². The zero-order valence-corrected chi connectivity index (χ0v) is 16.0. The number of hydrogen-bond donors (Lipinski definition) is 1. The summed E-state index contributed by atoms with van der Waals surface area (Å²) in [4.78, 5) is 14.2. The maximum Gasteiger partial charge on any atom is 0.281 e. The lowest BCUT2D eigenvalue weighted by Gasteiger charge is -2.14. The number of nitrogens with one attached hydrogen (secondary N) is 1. The van der Waals surface area contributed by atoms with Crippen LogP contribution in [0.2, 0.25) is 0 Å². The molecule has 128 valence electrons. The number of methoxy groups -OCH3 is 2. The lowest BCUT2D eigenvalue weighted by atomic mass is 10.1. The molecule has 1 N–H and O–H groups in total. The number of hydrogen-bond acceptors (Lipinski definition) is 4. The fourth-order valence-corrected chi connectivity index (χ4v) is 3.15. The van der Waals surface area contributed by atoms with Crippen LogP contribution in [0.3, 0.4) is 0 Å². The van der Waals surface area contributed by atoms with E-state index in [0.29, 0.717) is 28.0 Å². The molecule has 0 radical (unpaired) electrons. The molecule has 2 aromatic rings. The fraction of sp³-hybridized carbons (Fsp3) is 0.111. The zero-order chi connectivity index (χ0) is 18.0. The molecule has 0 saturated carbocycles. The minimum absolute atomic E-state index is 0.225. The Morgan fingerprint density at radius 2 is 1.84 bits per heavy atom. The fourth-order valence-electron chi connectivity index (χ4n) is 2.47. The van der Waals surface area contributed by atoms with E-state index in [0.717, 1.165) is 10.0 Å². The second-order valence-electron chi connectivity index (χ2n) is 5.21. The van der Waals surface area contributed by atoms with Gasteiger partial charge in [-0.1, -0.05) is 15.9 Å². The average molecular weight is 419 g/mol. The standard InChI is InChI=1S/C18H15BrN2O3S/c1-23-14-6-4-13(5-7-14)21-17(22)15(20-18(21)25)10-11-9-12(19)3-8-16(11)24-2/h3-10H,1-2H3,(H,20,25)/b15-10-. The first-order valence-electron chi connectivity index (χ1n) is 7.38. The molecule has 1 saturated heterocycles. The summed E-state index contributed by atoms with van der Waals surface area (Å²) in [6, 6.07) is 12.7. The summed E-state index contributed by atoms with van der Waals surface area (Å²) in [5, 5.41) is 3.30. The van der Waals surface area contributed by atoms with E-state index in [-0.39, 0.29) is 5.91 Å². The van der Waals surface area contributed by atoms with Crippen LogP contribution in [-0.4, -0.2) is 25.2 Å². The van der Waals surface area contributed by atoms with E-state index in [1.807, 2.05) is 18.2 Å². The number of amides is 1. The second-order valence-corrected chi connectivity index (χ2v) is 6.52. The van der Waals surface area contributed by atoms with Gasteiger partial charge in [0.2, 0.25) is 0 Å². The van der Waals surface area contributed by atoms with Gasteiger partial charge >= 0.3 is 0 Å². The number of thiocarbonyl (C=S) groups is 1. The lowest BCUT2D eigenvalue weighted by Crippen LogP contribution is -2.30. The normalized spacial score (nSPS) is 15.5. The van der Waals surface area contributed by atoms with E-state index in [2.05, 4.69) is 21.2 Å². The molecule has 25 heavy (non-hydrogen) atoms. The summed E-state index contributed by atoms with van der Waals surface area (Å²) in [7, 11) is 3.18. The quantitative estimate of drug-likeness (QED) is 0.605. The smallest absolute Gasteiger partial charge is 0.281 e. The van der Waals surface area contributed by atoms with Gasteiger partial charge in [-0.05, 0) is 60.8 Å². The number of carbonyl (C=O) groups is 1. The number of benzene rings is 2. The summed E-state index contributed by atoms with van der Waals surface area (Å²) < 4.78 is 11.4. The van der Waals surface area contributed by atoms with Crippen molar-refractivity contribution in [3.8, 4) is 11.5 Å². The SMILES string of the molecule is COc1ccc(N2C(=O)/C(=C/c3cc(Br)ccc3OC)NC2=S)cc1. The van der Waals surface area contributed by atoms with Crippen molar-refractivity contribution in [2.24, 2.45) is 0 Å². The van der Waals surface area contributed by atoms with Crippen LogP contribution in [0.25, 0.3) is 6.08 Å². The highest BCUT2D eigenvalue weighted by Crippen LogP contribution is 2.28. The number of nitrogens with zero attached hydrogens (tertiary/aromatic N) is 1. The summed E-state index contributed by atoms with van der Waals surface area (Å²) in [5.41, 5.74) is 1.83. The van der Waals surface area contributed by atoms with Crippen LogP contribution < -0.4 is 19.7 Å². The first kappa shape index (κ1) is 17.4. The first-order valence-corrected chi connectivity index (χ1v) is 8.58. The molecular formula is C18H15BrN2O3S. The zero-order valence-electron chi connectivity index (χ0n) is 13.6. The number of anilines is 1. The Kier molecular flexibility index (Phi) is 5.06. The number of rotatable bonds is 4. The van der Waals surface area contributed by atoms with Crippen molar-refractivity contribution in [3.05, 3.63) is 58.2 Å². The van der Waals surface area contributed by atoms with Crippen molar-refractivity contribution < 1.29 is 14.3 Å². The van der Waals surface area contributed by atoms with Crippen LogP contribution in [0.15, 0.2) is 52.6 Å².